The summed E-state index contributed by atoms with van der Waals surface area (Å²) in [6.07, 6.45) is 1.23. The highest BCUT2D eigenvalue weighted by atomic mass is 79.9. The third kappa shape index (κ3) is 3.77. The van der Waals surface area contributed by atoms with Crippen molar-refractivity contribution in [2.24, 2.45) is 0 Å². The lowest BCUT2D eigenvalue weighted by Crippen LogP contribution is -2.39. The van der Waals surface area contributed by atoms with Gasteiger partial charge in [-0.3, -0.25) is 0 Å². The molecular weight excluding hydrogens is 270 g/mol. The molecule has 0 amide bonds. The minimum Gasteiger partial charge on any atom is -0.493 e. The van der Waals surface area contributed by atoms with Gasteiger partial charge in [0.2, 0.25) is 0 Å². The Bertz CT molecular complexity index is 309. The highest BCUT2D eigenvalue weighted by Crippen LogP contribution is 2.16. The molecule has 1 aliphatic rings. The SMILES string of the molecule is Brc1ccc(OCCC2CNCCO2)cc1. The lowest BCUT2D eigenvalue weighted by Gasteiger charge is -2.23. The van der Waals surface area contributed by atoms with E-state index in [4.69, 9.17) is 9.47 Å². The van der Waals surface area contributed by atoms with Crippen LogP contribution in [0.1, 0.15) is 6.42 Å². The van der Waals surface area contributed by atoms with Crippen molar-refractivity contribution in [1.82, 2.24) is 5.32 Å². The summed E-state index contributed by atoms with van der Waals surface area (Å²) >= 11 is 3.39. The van der Waals surface area contributed by atoms with E-state index in [0.717, 1.165) is 36.3 Å². The molecule has 1 aromatic rings. The van der Waals surface area contributed by atoms with Crippen molar-refractivity contribution in [2.45, 2.75) is 12.5 Å². The summed E-state index contributed by atoms with van der Waals surface area (Å²) in [5, 5.41) is 3.30. The Hall–Kier alpha value is -0.580. The van der Waals surface area contributed by atoms with Gasteiger partial charge in [-0.1, -0.05) is 15.9 Å². The first-order chi connectivity index (χ1) is 7.84. The largest absolute Gasteiger partial charge is 0.493 e. The molecule has 1 N–H and O–H groups in total. The van der Waals surface area contributed by atoms with Crippen LogP contribution in [0.5, 0.6) is 5.75 Å². The van der Waals surface area contributed by atoms with Gasteiger partial charge in [0.25, 0.3) is 0 Å². The molecule has 0 radical (unpaired) electrons. The highest BCUT2D eigenvalue weighted by Gasteiger charge is 2.12. The molecule has 3 nitrogen and oxygen atoms in total. The van der Waals surface area contributed by atoms with Gasteiger partial charge in [0, 0.05) is 24.0 Å². The van der Waals surface area contributed by atoms with Crippen molar-refractivity contribution >= 4 is 15.9 Å². The van der Waals surface area contributed by atoms with Crippen LogP contribution in [-0.2, 0) is 4.74 Å². The van der Waals surface area contributed by atoms with Crippen molar-refractivity contribution in [3.8, 4) is 5.75 Å². The fraction of sp³-hybridized carbons (Fsp3) is 0.500. The van der Waals surface area contributed by atoms with Gasteiger partial charge >= 0.3 is 0 Å². The van der Waals surface area contributed by atoms with Crippen LogP contribution in [0.3, 0.4) is 0 Å². The molecule has 1 aromatic carbocycles. The average molecular weight is 286 g/mol. The van der Waals surface area contributed by atoms with E-state index in [9.17, 15) is 0 Å². The number of morpholine rings is 1. The van der Waals surface area contributed by atoms with Gasteiger partial charge in [0.05, 0.1) is 19.3 Å². The lowest BCUT2D eigenvalue weighted by molar-refractivity contribution is 0.0159. The molecule has 0 aliphatic carbocycles. The van der Waals surface area contributed by atoms with Gasteiger partial charge in [-0.15, -0.1) is 0 Å². The number of benzene rings is 1. The zero-order valence-corrected chi connectivity index (χ0v) is 10.7. The Kier molecular flexibility index (Phi) is 4.63. The number of nitrogens with one attached hydrogen (secondary N) is 1. The maximum Gasteiger partial charge on any atom is 0.119 e. The molecule has 1 fully saturated rings. The van der Waals surface area contributed by atoms with Crippen LogP contribution >= 0.6 is 15.9 Å². The van der Waals surface area contributed by atoms with Crippen LogP contribution in [0.15, 0.2) is 28.7 Å². The fourth-order valence-electron chi connectivity index (χ4n) is 1.64. The molecular formula is C12H16BrNO2. The Morgan fingerprint density at radius 3 is 2.88 bits per heavy atom. The third-order valence-corrected chi connectivity index (χ3v) is 3.06. The first-order valence-electron chi connectivity index (χ1n) is 5.55. The summed E-state index contributed by atoms with van der Waals surface area (Å²) in [4.78, 5) is 0. The zero-order chi connectivity index (χ0) is 11.2. The average Bonchev–Trinajstić information content (AvgIpc) is 2.33. The number of hydrogen-bond donors (Lipinski definition) is 1. The van der Waals surface area contributed by atoms with Crippen LogP contribution in [0.2, 0.25) is 0 Å². The first-order valence-corrected chi connectivity index (χ1v) is 6.34. The lowest BCUT2D eigenvalue weighted by atomic mass is 10.2. The van der Waals surface area contributed by atoms with Gasteiger partial charge in [-0.25, -0.2) is 0 Å². The van der Waals surface area contributed by atoms with Crippen molar-refractivity contribution in [1.29, 1.82) is 0 Å². The molecule has 0 aromatic heterocycles. The third-order valence-electron chi connectivity index (χ3n) is 2.53. The van der Waals surface area contributed by atoms with Gasteiger partial charge in [0.15, 0.2) is 0 Å². The van der Waals surface area contributed by atoms with Gasteiger partial charge in [-0.05, 0) is 24.3 Å². The number of rotatable bonds is 4. The standard InChI is InChI=1S/C12H16BrNO2/c13-10-1-3-11(4-2-10)15-7-5-12-9-14-6-8-16-12/h1-4,12,14H,5-9H2. The predicted octanol–water partition coefficient (Wildman–Crippen LogP) is 2.21. The maximum atomic E-state index is 5.64. The van der Waals surface area contributed by atoms with E-state index in [1.807, 2.05) is 24.3 Å². The highest BCUT2D eigenvalue weighted by molar-refractivity contribution is 9.10. The molecule has 88 valence electrons. The predicted molar refractivity (Wildman–Crippen MR) is 66.9 cm³/mol. The second-order valence-electron chi connectivity index (χ2n) is 3.79. The quantitative estimate of drug-likeness (QED) is 0.920. The van der Waals surface area contributed by atoms with Crippen molar-refractivity contribution in [3.63, 3.8) is 0 Å². The molecule has 1 heterocycles. The number of hydrogen-bond acceptors (Lipinski definition) is 3. The van der Waals surface area contributed by atoms with E-state index in [0.29, 0.717) is 12.7 Å². The normalized spacial score (nSPS) is 20.7. The van der Waals surface area contributed by atoms with Crippen LogP contribution in [-0.4, -0.2) is 32.4 Å². The van der Waals surface area contributed by atoms with E-state index in [2.05, 4.69) is 21.2 Å². The van der Waals surface area contributed by atoms with Gasteiger partial charge in [0.1, 0.15) is 5.75 Å². The number of ether oxygens (including phenoxy) is 2. The Morgan fingerprint density at radius 1 is 1.38 bits per heavy atom. The smallest absolute Gasteiger partial charge is 0.119 e. The van der Waals surface area contributed by atoms with E-state index in [1.165, 1.54) is 0 Å². The van der Waals surface area contributed by atoms with E-state index in [-0.39, 0.29) is 0 Å². The van der Waals surface area contributed by atoms with Crippen molar-refractivity contribution in [3.05, 3.63) is 28.7 Å². The zero-order valence-electron chi connectivity index (χ0n) is 9.12. The maximum absolute atomic E-state index is 5.64. The number of halogens is 1. The second-order valence-corrected chi connectivity index (χ2v) is 4.70. The molecule has 1 saturated heterocycles. The molecule has 0 spiro atoms. The monoisotopic (exact) mass is 285 g/mol. The van der Waals surface area contributed by atoms with Crippen molar-refractivity contribution in [2.75, 3.05) is 26.3 Å². The summed E-state index contributed by atoms with van der Waals surface area (Å²) in [5.74, 6) is 0.909. The Balaban J connectivity index is 1.69. The fourth-order valence-corrected chi connectivity index (χ4v) is 1.91. The van der Waals surface area contributed by atoms with E-state index < -0.39 is 0 Å². The van der Waals surface area contributed by atoms with Crippen LogP contribution in [0.4, 0.5) is 0 Å². The van der Waals surface area contributed by atoms with E-state index in [1.54, 1.807) is 0 Å². The van der Waals surface area contributed by atoms with Gasteiger partial charge in [-0.2, -0.15) is 0 Å². The molecule has 0 bridgehead atoms. The summed E-state index contributed by atoms with van der Waals surface area (Å²) in [6, 6.07) is 7.89. The molecule has 4 heteroatoms. The van der Waals surface area contributed by atoms with Crippen LogP contribution in [0.25, 0.3) is 0 Å². The first kappa shape index (κ1) is 11.9. The van der Waals surface area contributed by atoms with Crippen LogP contribution in [0, 0.1) is 0 Å². The van der Waals surface area contributed by atoms with Gasteiger partial charge < -0.3 is 14.8 Å². The molecule has 0 saturated carbocycles. The molecule has 1 aliphatic heterocycles. The summed E-state index contributed by atoms with van der Waals surface area (Å²) in [6.45, 7) is 3.41. The minimum absolute atomic E-state index is 0.296. The van der Waals surface area contributed by atoms with Crippen LogP contribution < -0.4 is 10.1 Å². The Morgan fingerprint density at radius 2 is 2.19 bits per heavy atom. The Labute approximate surface area is 104 Å². The summed E-state index contributed by atoms with van der Waals surface area (Å²) < 4.78 is 12.3. The molecule has 1 unspecified atom stereocenters. The van der Waals surface area contributed by atoms with E-state index >= 15 is 0 Å². The molecule has 2 rings (SSSR count). The minimum atomic E-state index is 0.296. The summed E-state index contributed by atoms with van der Waals surface area (Å²) in [7, 11) is 0. The van der Waals surface area contributed by atoms with Crippen molar-refractivity contribution < 1.29 is 9.47 Å². The topological polar surface area (TPSA) is 30.5 Å². The second kappa shape index (κ2) is 6.23. The molecule has 16 heavy (non-hydrogen) atoms. The molecule has 1 atom stereocenters. The summed E-state index contributed by atoms with van der Waals surface area (Å²) in [5.41, 5.74) is 0.